The van der Waals surface area contributed by atoms with Gasteiger partial charge < -0.3 is 9.05 Å². The quantitative estimate of drug-likeness (QED) is 0.622. The third-order valence-corrected chi connectivity index (χ3v) is 5.47. The van der Waals surface area contributed by atoms with Crippen LogP contribution in [0, 0.1) is 3.57 Å². The van der Waals surface area contributed by atoms with Crippen molar-refractivity contribution in [3.8, 4) is 0 Å². The zero-order chi connectivity index (χ0) is 12.5. The van der Waals surface area contributed by atoms with Crippen LogP contribution in [0.3, 0.4) is 0 Å². The summed E-state index contributed by atoms with van der Waals surface area (Å²) in [5, 5.41) is 0.999. The van der Waals surface area contributed by atoms with Crippen LogP contribution >= 0.6 is 30.2 Å². The Kier molecular flexibility index (Phi) is 3.82. The number of hydrogen-bond acceptors (Lipinski definition) is 4. The molecule has 4 nitrogen and oxygen atoms in total. The molecule has 6 heteroatoms. The summed E-state index contributed by atoms with van der Waals surface area (Å²) in [6, 6.07) is 9.56. The van der Waals surface area contributed by atoms with Crippen molar-refractivity contribution in [2.75, 3.05) is 14.2 Å². The smallest absolute Gasteiger partial charge is 0.307 e. The van der Waals surface area contributed by atoms with Gasteiger partial charge in [-0.05, 0) is 34.7 Å². The first-order valence-electron chi connectivity index (χ1n) is 4.88. The van der Waals surface area contributed by atoms with Crippen molar-refractivity contribution in [3.05, 3.63) is 33.9 Å². The Morgan fingerprint density at radius 3 is 2.53 bits per heavy atom. The number of aromatic nitrogens is 1. The third-order valence-electron chi connectivity index (χ3n) is 2.40. The Balaban J connectivity index is 2.70. The molecule has 0 spiro atoms. The lowest BCUT2D eigenvalue weighted by Crippen LogP contribution is -2.16. The molecule has 0 bridgehead atoms. The fourth-order valence-corrected chi connectivity index (χ4v) is 3.91. The second-order valence-corrected chi connectivity index (χ2v) is 6.66. The third kappa shape index (κ3) is 2.38. The minimum absolute atomic E-state index is 0.363. The van der Waals surface area contributed by atoms with Crippen molar-refractivity contribution in [2.45, 2.75) is 0 Å². The number of fused-ring (bicyclic) bond motifs is 1. The van der Waals surface area contributed by atoms with Crippen molar-refractivity contribution < 1.29 is 13.6 Å². The topological polar surface area (TPSA) is 48.4 Å². The van der Waals surface area contributed by atoms with Crippen LogP contribution in [0.1, 0.15) is 0 Å². The molecule has 0 radical (unpaired) electrons. The average molecular weight is 363 g/mol. The maximum Gasteiger partial charge on any atom is 0.380 e. The maximum absolute atomic E-state index is 12.3. The highest BCUT2D eigenvalue weighted by Crippen LogP contribution is 2.45. The summed E-state index contributed by atoms with van der Waals surface area (Å²) in [7, 11) is -0.577. The van der Waals surface area contributed by atoms with Gasteiger partial charge in [-0.25, -0.2) is 4.98 Å². The van der Waals surface area contributed by atoms with Gasteiger partial charge in [-0.2, -0.15) is 0 Å². The van der Waals surface area contributed by atoms with Crippen molar-refractivity contribution in [1.29, 1.82) is 0 Å². The molecule has 0 saturated heterocycles. The van der Waals surface area contributed by atoms with Crippen molar-refractivity contribution in [3.63, 3.8) is 0 Å². The van der Waals surface area contributed by atoms with Crippen LogP contribution in [-0.2, 0) is 13.6 Å². The summed E-state index contributed by atoms with van der Waals surface area (Å²) in [6.45, 7) is 0. The van der Waals surface area contributed by atoms with Gasteiger partial charge in [0, 0.05) is 23.2 Å². The summed E-state index contributed by atoms with van der Waals surface area (Å²) < 4.78 is 23.0. The number of nitrogens with zero attached hydrogens (tertiary/aromatic N) is 1. The van der Waals surface area contributed by atoms with Gasteiger partial charge in [0.25, 0.3) is 0 Å². The number of benzene rings is 1. The molecule has 0 aliphatic carbocycles. The Morgan fingerprint density at radius 2 is 1.88 bits per heavy atom. The second-order valence-electron chi connectivity index (χ2n) is 3.35. The fourth-order valence-electron chi connectivity index (χ4n) is 1.52. The molecule has 0 aliphatic heterocycles. The molecule has 0 atom stereocenters. The Morgan fingerprint density at radius 1 is 1.24 bits per heavy atom. The predicted octanol–water partition coefficient (Wildman–Crippen LogP) is 2.95. The van der Waals surface area contributed by atoms with Crippen LogP contribution in [0.5, 0.6) is 0 Å². The molecular formula is C11H11INO3P. The van der Waals surface area contributed by atoms with Crippen LogP contribution < -0.4 is 5.44 Å². The van der Waals surface area contributed by atoms with Crippen molar-refractivity contribution >= 4 is 46.5 Å². The van der Waals surface area contributed by atoms with Gasteiger partial charge in [-0.1, -0.05) is 18.2 Å². The Hall–Kier alpha value is -0.490. The van der Waals surface area contributed by atoms with Crippen LogP contribution in [0.25, 0.3) is 10.9 Å². The summed E-state index contributed by atoms with van der Waals surface area (Å²) in [5.74, 6) is 0. The van der Waals surface area contributed by atoms with E-state index in [0.717, 1.165) is 14.5 Å². The van der Waals surface area contributed by atoms with Gasteiger partial charge in [-0.15, -0.1) is 0 Å². The van der Waals surface area contributed by atoms with Gasteiger partial charge in [-0.3, -0.25) is 4.57 Å². The van der Waals surface area contributed by atoms with E-state index in [1.807, 2.05) is 30.3 Å². The standard InChI is InChI=1S/C11H11INO3P/c1-15-17(14,16-2)11-9(12)7-8-5-3-4-6-10(8)13-11/h3-7H,1-2H3. The molecule has 2 rings (SSSR count). The van der Waals surface area contributed by atoms with Gasteiger partial charge in [0.1, 0.15) is 0 Å². The first-order valence-corrected chi connectivity index (χ1v) is 7.50. The van der Waals surface area contributed by atoms with E-state index in [2.05, 4.69) is 27.6 Å². The first kappa shape index (κ1) is 13.0. The minimum Gasteiger partial charge on any atom is -0.307 e. The molecule has 0 amide bonds. The van der Waals surface area contributed by atoms with Crippen LogP contribution in [0.4, 0.5) is 0 Å². The molecule has 2 aromatic rings. The molecular weight excluding hydrogens is 352 g/mol. The van der Waals surface area contributed by atoms with E-state index in [4.69, 9.17) is 9.05 Å². The number of rotatable bonds is 3. The molecule has 0 unspecified atom stereocenters. The van der Waals surface area contributed by atoms with E-state index < -0.39 is 7.60 Å². The van der Waals surface area contributed by atoms with Crippen molar-refractivity contribution in [1.82, 2.24) is 4.98 Å². The summed E-state index contributed by atoms with van der Waals surface area (Å²) in [5.41, 5.74) is 1.14. The number of hydrogen-bond donors (Lipinski definition) is 0. The largest absolute Gasteiger partial charge is 0.380 e. The number of halogens is 1. The van der Waals surface area contributed by atoms with E-state index in [0.29, 0.717) is 5.44 Å². The molecule has 1 heterocycles. The zero-order valence-electron chi connectivity index (χ0n) is 9.38. The molecule has 1 aromatic heterocycles. The number of pyridine rings is 1. The molecule has 1 aromatic carbocycles. The lowest BCUT2D eigenvalue weighted by molar-refractivity contribution is 0.286. The lowest BCUT2D eigenvalue weighted by atomic mass is 10.2. The maximum atomic E-state index is 12.3. The average Bonchev–Trinajstić information content (AvgIpc) is 2.37. The highest BCUT2D eigenvalue weighted by Gasteiger charge is 2.29. The first-order chi connectivity index (χ1) is 8.10. The Bertz CT molecular complexity index is 594. The SMILES string of the molecule is COP(=O)(OC)c1nc2ccccc2cc1I. The predicted molar refractivity (Wildman–Crippen MR) is 75.7 cm³/mol. The molecule has 0 aliphatic rings. The molecule has 90 valence electrons. The summed E-state index contributed by atoms with van der Waals surface area (Å²) in [6.07, 6.45) is 0. The summed E-state index contributed by atoms with van der Waals surface area (Å²) >= 11 is 2.09. The summed E-state index contributed by atoms with van der Waals surface area (Å²) in [4.78, 5) is 4.37. The minimum atomic E-state index is -3.29. The molecule has 0 saturated carbocycles. The van der Waals surface area contributed by atoms with E-state index in [1.54, 1.807) is 0 Å². The molecule has 0 fully saturated rings. The van der Waals surface area contributed by atoms with E-state index in [1.165, 1.54) is 14.2 Å². The number of para-hydroxylation sites is 1. The second kappa shape index (κ2) is 5.02. The van der Waals surface area contributed by atoms with Gasteiger partial charge in [0.2, 0.25) is 0 Å². The van der Waals surface area contributed by atoms with Gasteiger partial charge >= 0.3 is 7.60 Å². The van der Waals surface area contributed by atoms with E-state index in [9.17, 15) is 4.57 Å². The molecule has 0 N–H and O–H groups in total. The fraction of sp³-hybridized carbons (Fsp3) is 0.182. The Labute approximate surface area is 113 Å². The van der Waals surface area contributed by atoms with E-state index in [-0.39, 0.29) is 0 Å². The molecule has 17 heavy (non-hydrogen) atoms. The van der Waals surface area contributed by atoms with Crippen LogP contribution in [-0.4, -0.2) is 19.2 Å². The van der Waals surface area contributed by atoms with Gasteiger partial charge in [0.05, 0.1) is 5.52 Å². The van der Waals surface area contributed by atoms with Crippen molar-refractivity contribution in [2.24, 2.45) is 0 Å². The van der Waals surface area contributed by atoms with Gasteiger partial charge in [0.15, 0.2) is 5.44 Å². The highest BCUT2D eigenvalue weighted by molar-refractivity contribution is 14.1. The monoisotopic (exact) mass is 363 g/mol. The zero-order valence-corrected chi connectivity index (χ0v) is 12.4. The van der Waals surface area contributed by atoms with Crippen LogP contribution in [0.15, 0.2) is 30.3 Å². The lowest BCUT2D eigenvalue weighted by Gasteiger charge is -2.14. The highest BCUT2D eigenvalue weighted by atomic mass is 127. The van der Waals surface area contributed by atoms with E-state index >= 15 is 0 Å². The van der Waals surface area contributed by atoms with Crippen LogP contribution in [0.2, 0.25) is 0 Å². The normalized spacial score (nSPS) is 11.9.